The van der Waals surface area contributed by atoms with Crippen molar-refractivity contribution in [2.24, 2.45) is 0 Å². The van der Waals surface area contributed by atoms with Gasteiger partial charge in [0.25, 0.3) is 5.91 Å². The molecule has 2 fully saturated rings. The fourth-order valence-corrected chi connectivity index (χ4v) is 3.51. The normalized spacial score (nSPS) is 18.5. The molecule has 0 aromatic heterocycles. The van der Waals surface area contributed by atoms with E-state index in [1.165, 1.54) is 7.11 Å². The highest BCUT2D eigenvalue weighted by Gasteiger charge is 2.26. The van der Waals surface area contributed by atoms with Crippen molar-refractivity contribution in [3.63, 3.8) is 0 Å². The van der Waals surface area contributed by atoms with Crippen molar-refractivity contribution in [1.29, 1.82) is 0 Å². The van der Waals surface area contributed by atoms with Crippen LogP contribution in [0.25, 0.3) is 0 Å². The third-order valence-corrected chi connectivity index (χ3v) is 4.87. The van der Waals surface area contributed by atoms with E-state index in [-0.39, 0.29) is 18.0 Å². The first-order chi connectivity index (χ1) is 11.7. The van der Waals surface area contributed by atoms with E-state index < -0.39 is 0 Å². The molecule has 0 atom stereocenters. The number of nitrogens with zero attached hydrogens (tertiary/aromatic N) is 2. The lowest BCUT2D eigenvalue weighted by Gasteiger charge is -2.35. The van der Waals surface area contributed by atoms with Crippen molar-refractivity contribution in [1.82, 2.24) is 10.2 Å². The van der Waals surface area contributed by atoms with E-state index in [0.717, 1.165) is 63.1 Å². The number of carbonyl (C=O) groups is 2. The predicted octanol–water partition coefficient (Wildman–Crippen LogP) is 2.25. The van der Waals surface area contributed by atoms with Gasteiger partial charge in [-0.3, -0.25) is 4.79 Å². The predicted molar refractivity (Wildman–Crippen MR) is 92.4 cm³/mol. The number of para-hydroxylation sites is 1. The highest BCUT2D eigenvalue weighted by atomic mass is 16.5. The van der Waals surface area contributed by atoms with Crippen LogP contribution in [0.4, 0.5) is 10.5 Å². The maximum Gasteiger partial charge on any atom is 0.407 e. The number of rotatable bonds is 3. The van der Waals surface area contributed by atoms with Crippen LogP contribution in [0.3, 0.4) is 0 Å². The monoisotopic (exact) mass is 331 g/mol. The van der Waals surface area contributed by atoms with Crippen molar-refractivity contribution < 1.29 is 14.3 Å². The topological polar surface area (TPSA) is 61.9 Å². The minimum Gasteiger partial charge on any atom is -0.453 e. The van der Waals surface area contributed by atoms with Crippen LogP contribution in [0, 0.1) is 0 Å². The maximum absolute atomic E-state index is 12.8. The second-order valence-electron chi connectivity index (χ2n) is 6.41. The van der Waals surface area contributed by atoms with Crippen LogP contribution in [0.5, 0.6) is 0 Å². The molecule has 0 radical (unpaired) electrons. The first kappa shape index (κ1) is 16.6. The zero-order chi connectivity index (χ0) is 16.9. The summed E-state index contributed by atoms with van der Waals surface area (Å²) in [6.45, 7) is 3.36. The largest absolute Gasteiger partial charge is 0.453 e. The van der Waals surface area contributed by atoms with Crippen LogP contribution in [-0.4, -0.2) is 56.2 Å². The molecule has 2 amide bonds. The Morgan fingerprint density at radius 2 is 1.75 bits per heavy atom. The third kappa shape index (κ3) is 3.63. The first-order valence-corrected chi connectivity index (χ1v) is 8.67. The Balaban J connectivity index is 1.67. The molecule has 0 unspecified atom stereocenters. The number of ether oxygens (including phenoxy) is 1. The molecule has 6 nitrogen and oxygen atoms in total. The van der Waals surface area contributed by atoms with Gasteiger partial charge in [-0.1, -0.05) is 12.1 Å². The van der Waals surface area contributed by atoms with Gasteiger partial charge in [0.1, 0.15) is 0 Å². The van der Waals surface area contributed by atoms with E-state index in [9.17, 15) is 9.59 Å². The van der Waals surface area contributed by atoms with E-state index >= 15 is 0 Å². The third-order valence-electron chi connectivity index (χ3n) is 4.87. The fraction of sp³-hybridized carbons (Fsp3) is 0.556. The Morgan fingerprint density at radius 1 is 1.08 bits per heavy atom. The van der Waals surface area contributed by atoms with Gasteiger partial charge in [-0.15, -0.1) is 0 Å². The molecule has 1 aromatic rings. The quantitative estimate of drug-likeness (QED) is 0.923. The standard InChI is InChI=1S/C18H25N3O3/c1-24-18(23)19-14-8-12-20(13-9-14)16-7-3-2-6-15(16)17(22)21-10-4-5-11-21/h2-3,6-7,14H,4-5,8-13H2,1H3,(H,19,23). The lowest BCUT2D eigenvalue weighted by atomic mass is 10.0. The summed E-state index contributed by atoms with van der Waals surface area (Å²) in [6, 6.07) is 7.99. The fourth-order valence-electron chi connectivity index (χ4n) is 3.51. The molecule has 2 aliphatic rings. The van der Waals surface area contributed by atoms with E-state index in [1.807, 2.05) is 29.2 Å². The number of alkyl carbamates (subject to hydrolysis) is 1. The summed E-state index contributed by atoms with van der Waals surface area (Å²) in [5.74, 6) is 0.137. The second kappa shape index (κ2) is 7.55. The summed E-state index contributed by atoms with van der Waals surface area (Å²) >= 11 is 0. The number of benzene rings is 1. The summed E-state index contributed by atoms with van der Waals surface area (Å²) in [5, 5.41) is 2.86. The Hall–Kier alpha value is -2.24. The molecule has 0 bridgehead atoms. The highest BCUT2D eigenvalue weighted by Crippen LogP contribution is 2.26. The lowest BCUT2D eigenvalue weighted by Crippen LogP contribution is -2.45. The summed E-state index contributed by atoms with van der Waals surface area (Å²) in [5.41, 5.74) is 1.80. The van der Waals surface area contributed by atoms with Crippen LogP contribution < -0.4 is 10.2 Å². The van der Waals surface area contributed by atoms with Crippen LogP contribution >= 0.6 is 0 Å². The van der Waals surface area contributed by atoms with E-state index in [1.54, 1.807) is 0 Å². The number of methoxy groups -OCH3 is 1. The van der Waals surface area contributed by atoms with Gasteiger partial charge < -0.3 is 19.9 Å². The van der Waals surface area contributed by atoms with Gasteiger partial charge in [0, 0.05) is 37.9 Å². The summed E-state index contributed by atoms with van der Waals surface area (Å²) in [6.07, 6.45) is 3.51. The molecule has 2 saturated heterocycles. The van der Waals surface area contributed by atoms with Gasteiger partial charge in [-0.05, 0) is 37.8 Å². The van der Waals surface area contributed by atoms with Crippen molar-refractivity contribution in [3.8, 4) is 0 Å². The first-order valence-electron chi connectivity index (χ1n) is 8.67. The molecule has 0 aliphatic carbocycles. The van der Waals surface area contributed by atoms with Gasteiger partial charge in [0.15, 0.2) is 0 Å². The van der Waals surface area contributed by atoms with Crippen LogP contribution in [-0.2, 0) is 4.74 Å². The number of hydrogen-bond donors (Lipinski definition) is 1. The second-order valence-corrected chi connectivity index (χ2v) is 6.41. The number of piperidine rings is 1. The summed E-state index contributed by atoms with van der Waals surface area (Å²) < 4.78 is 4.66. The van der Waals surface area contributed by atoms with Gasteiger partial charge in [-0.25, -0.2) is 4.79 Å². The molecule has 0 saturated carbocycles. The number of hydrogen-bond acceptors (Lipinski definition) is 4. The molecular weight excluding hydrogens is 306 g/mol. The molecule has 2 heterocycles. The Kier molecular flexibility index (Phi) is 5.23. The number of carbonyl (C=O) groups excluding carboxylic acids is 2. The number of amides is 2. The van der Waals surface area contributed by atoms with Crippen LogP contribution in [0.15, 0.2) is 24.3 Å². The average molecular weight is 331 g/mol. The Bertz CT molecular complexity index is 591. The van der Waals surface area contributed by atoms with E-state index in [2.05, 4.69) is 15.0 Å². The van der Waals surface area contributed by atoms with E-state index in [4.69, 9.17) is 0 Å². The number of likely N-dealkylation sites (tertiary alicyclic amines) is 1. The minimum atomic E-state index is -0.377. The molecule has 0 spiro atoms. The van der Waals surface area contributed by atoms with Crippen LogP contribution in [0.1, 0.15) is 36.0 Å². The van der Waals surface area contributed by atoms with Gasteiger partial charge >= 0.3 is 6.09 Å². The Morgan fingerprint density at radius 3 is 2.42 bits per heavy atom. The molecule has 2 aliphatic heterocycles. The lowest BCUT2D eigenvalue weighted by molar-refractivity contribution is 0.0793. The molecule has 1 aromatic carbocycles. The smallest absolute Gasteiger partial charge is 0.407 e. The molecule has 6 heteroatoms. The van der Waals surface area contributed by atoms with Crippen LogP contribution in [0.2, 0.25) is 0 Å². The number of anilines is 1. The van der Waals surface area contributed by atoms with Gasteiger partial charge in [-0.2, -0.15) is 0 Å². The molecular formula is C18H25N3O3. The molecule has 130 valence electrons. The SMILES string of the molecule is COC(=O)NC1CCN(c2ccccc2C(=O)N2CCCC2)CC1. The zero-order valence-corrected chi connectivity index (χ0v) is 14.2. The Labute approximate surface area is 142 Å². The van der Waals surface area contributed by atoms with Gasteiger partial charge in [0.2, 0.25) is 0 Å². The molecule has 1 N–H and O–H groups in total. The summed E-state index contributed by atoms with van der Waals surface area (Å²) in [7, 11) is 1.38. The van der Waals surface area contributed by atoms with Crippen molar-refractivity contribution in [2.45, 2.75) is 31.7 Å². The molecule has 24 heavy (non-hydrogen) atoms. The van der Waals surface area contributed by atoms with Crippen molar-refractivity contribution >= 4 is 17.7 Å². The number of nitrogens with one attached hydrogen (secondary N) is 1. The molecule has 3 rings (SSSR count). The average Bonchev–Trinajstić information content (AvgIpc) is 3.16. The maximum atomic E-state index is 12.8. The van der Waals surface area contributed by atoms with E-state index in [0.29, 0.717) is 0 Å². The highest BCUT2D eigenvalue weighted by molar-refractivity contribution is 6.00. The van der Waals surface area contributed by atoms with Crippen molar-refractivity contribution in [2.75, 3.05) is 38.2 Å². The van der Waals surface area contributed by atoms with Crippen molar-refractivity contribution in [3.05, 3.63) is 29.8 Å². The summed E-state index contributed by atoms with van der Waals surface area (Å²) in [4.78, 5) is 28.3. The zero-order valence-electron chi connectivity index (χ0n) is 14.2. The minimum absolute atomic E-state index is 0.134. The van der Waals surface area contributed by atoms with Gasteiger partial charge in [0.05, 0.1) is 12.7 Å².